The molecule has 0 saturated heterocycles. The highest BCUT2D eigenvalue weighted by molar-refractivity contribution is 9.10. The van der Waals surface area contributed by atoms with Gasteiger partial charge >= 0.3 is 0 Å². The van der Waals surface area contributed by atoms with Gasteiger partial charge in [-0.1, -0.05) is 15.9 Å². The molecule has 62 valence electrons. The van der Waals surface area contributed by atoms with Crippen molar-refractivity contribution in [2.45, 2.75) is 4.90 Å². The van der Waals surface area contributed by atoms with Crippen molar-refractivity contribution in [1.29, 1.82) is 0 Å². The zero-order valence-electron chi connectivity index (χ0n) is 6.44. The van der Waals surface area contributed by atoms with Crippen molar-refractivity contribution in [3.05, 3.63) is 28.5 Å². The van der Waals surface area contributed by atoms with Crippen LogP contribution in [0, 0.1) is 5.82 Å². The molecule has 0 bridgehead atoms. The summed E-state index contributed by atoms with van der Waals surface area (Å²) >= 11 is 3.21. The van der Waals surface area contributed by atoms with Crippen LogP contribution in [0.5, 0.6) is 0 Å². The highest BCUT2D eigenvalue weighted by atomic mass is 79.9. The van der Waals surface area contributed by atoms with E-state index in [0.717, 1.165) is 9.37 Å². The molecule has 1 rings (SSSR count). The molecule has 0 aromatic heterocycles. The van der Waals surface area contributed by atoms with E-state index in [4.69, 9.17) is 0 Å². The lowest BCUT2D eigenvalue weighted by atomic mass is 10.3. The highest BCUT2D eigenvalue weighted by Gasteiger charge is 2.02. The number of rotatable bonds is 1. The quantitative estimate of drug-likeness (QED) is 0.712. The van der Waals surface area contributed by atoms with Crippen molar-refractivity contribution in [2.24, 2.45) is 0 Å². The summed E-state index contributed by atoms with van der Waals surface area (Å²) < 4.78 is 13.9. The summed E-state index contributed by atoms with van der Waals surface area (Å²) in [5.74, 6) is -0.101. The molecule has 1 aromatic carbocycles. The topological polar surface area (TPSA) is 0 Å². The molecule has 0 heterocycles. The summed E-state index contributed by atoms with van der Waals surface area (Å²) in [5.41, 5.74) is 0. The van der Waals surface area contributed by atoms with Gasteiger partial charge in [0.2, 0.25) is 0 Å². The van der Waals surface area contributed by atoms with Gasteiger partial charge in [0.25, 0.3) is 0 Å². The molecule has 3 heteroatoms. The third kappa shape index (κ3) is 2.20. The lowest BCUT2D eigenvalue weighted by Gasteiger charge is -2.10. The van der Waals surface area contributed by atoms with Gasteiger partial charge in [-0.3, -0.25) is 0 Å². The molecule has 1 aromatic rings. The first-order chi connectivity index (χ1) is 5.11. The third-order valence-corrected chi connectivity index (χ3v) is 3.21. The molecule has 0 aliphatic rings. The first-order valence-electron chi connectivity index (χ1n) is 3.23. The van der Waals surface area contributed by atoms with E-state index in [2.05, 4.69) is 15.9 Å². The van der Waals surface area contributed by atoms with E-state index in [0.29, 0.717) is 0 Å². The Balaban J connectivity index is 3.09. The number of thiol groups is 1. The van der Waals surface area contributed by atoms with Crippen LogP contribution in [0.1, 0.15) is 0 Å². The number of benzene rings is 1. The van der Waals surface area contributed by atoms with E-state index in [9.17, 15) is 4.39 Å². The van der Waals surface area contributed by atoms with E-state index in [1.165, 1.54) is 6.07 Å². The summed E-state index contributed by atoms with van der Waals surface area (Å²) in [5, 5.41) is 0. The Bertz CT molecular complexity index is 260. The molecular weight excluding hydrogens is 227 g/mol. The Morgan fingerprint density at radius 1 is 1.36 bits per heavy atom. The Morgan fingerprint density at radius 3 is 2.45 bits per heavy atom. The van der Waals surface area contributed by atoms with Gasteiger partial charge in [0.15, 0.2) is 0 Å². The van der Waals surface area contributed by atoms with Gasteiger partial charge in [-0.15, -0.1) is 0 Å². The van der Waals surface area contributed by atoms with E-state index in [1.807, 2.05) is 24.6 Å². The number of hydrogen-bond donors (Lipinski definition) is 1. The van der Waals surface area contributed by atoms with Crippen molar-refractivity contribution in [1.82, 2.24) is 0 Å². The fraction of sp³-hybridized carbons (Fsp3) is 0.250. The van der Waals surface area contributed by atoms with Crippen LogP contribution < -0.4 is 0 Å². The zero-order chi connectivity index (χ0) is 8.43. The molecular formula is C8H10BrFS. The first kappa shape index (κ1) is 9.07. The van der Waals surface area contributed by atoms with E-state index < -0.39 is 0 Å². The predicted molar refractivity (Wildman–Crippen MR) is 53.2 cm³/mol. The summed E-state index contributed by atoms with van der Waals surface area (Å²) in [4.78, 5) is 0.836. The van der Waals surface area contributed by atoms with Crippen LogP contribution in [0.15, 0.2) is 27.6 Å². The van der Waals surface area contributed by atoms with Crippen molar-refractivity contribution >= 4 is 26.8 Å². The second-order valence-corrected chi connectivity index (χ2v) is 5.68. The maximum absolute atomic E-state index is 13.1. The highest BCUT2D eigenvalue weighted by Crippen LogP contribution is 2.31. The lowest BCUT2D eigenvalue weighted by molar-refractivity contribution is 0.601. The largest absolute Gasteiger partial charge is 0.230 e. The molecule has 0 nitrogen and oxygen atoms in total. The summed E-state index contributed by atoms with van der Waals surface area (Å²) in [6.45, 7) is 0. The van der Waals surface area contributed by atoms with Crippen molar-refractivity contribution in [2.75, 3.05) is 12.5 Å². The maximum atomic E-state index is 13.1. The fourth-order valence-corrected chi connectivity index (χ4v) is 2.04. The Hall–Kier alpha value is -0.0200. The Morgan fingerprint density at radius 2 is 2.00 bits per heavy atom. The first-order valence-corrected chi connectivity index (χ1v) is 6.26. The molecule has 0 aliphatic carbocycles. The molecule has 0 fully saturated rings. The molecule has 0 spiro atoms. The van der Waals surface area contributed by atoms with Gasteiger partial charge in [0.05, 0.1) is 0 Å². The molecule has 0 N–H and O–H groups in total. The maximum Gasteiger partial charge on any atom is 0.136 e. The average Bonchev–Trinajstić information content (AvgIpc) is 1.85. The SMILES string of the molecule is C[SH](C)c1ccc(Br)cc1F. The number of hydrogen-bond acceptors (Lipinski definition) is 0. The summed E-state index contributed by atoms with van der Waals surface area (Å²) in [7, 11) is -0.325. The molecule has 0 saturated carbocycles. The van der Waals surface area contributed by atoms with Gasteiger partial charge in [0, 0.05) is 9.37 Å². The molecule has 0 aliphatic heterocycles. The van der Waals surface area contributed by atoms with E-state index in [1.54, 1.807) is 0 Å². The minimum atomic E-state index is -0.325. The van der Waals surface area contributed by atoms with Gasteiger partial charge in [-0.2, -0.15) is 0 Å². The van der Waals surface area contributed by atoms with Crippen LogP contribution in [-0.2, 0) is 0 Å². The van der Waals surface area contributed by atoms with Crippen LogP contribution in [0.4, 0.5) is 4.39 Å². The second-order valence-electron chi connectivity index (χ2n) is 2.49. The molecule has 0 unspecified atom stereocenters. The van der Waals surface area contributed by atoms with E-state index in [-0.39, 0.29) is 16.7 Å². The van der Waals surface area contributed by atoms with E-state index >= 15 is 0 Å². The van der Waals surface area contributed by atoms with Gasteiger partial charge in [-0.25, -0.2) is 15.3 Å². The molecule has 11 heavy (non-hydrogen) atoms. The second kappa shape index (κ2) is 3.59. The fourth-order valence-electron chi connectivity index (χ4n) is 0.844. The third-order valence-electron chi connectivity index (χ3n) is 1.39. The molecule has 0 radical (unpaired) electrons. The predicted octanol–water partition coefficient (Wildman–Crippen LogP) is 3.21. The summed E-state index contributed by atoms with van der Waals surface area (Å²) in [6, 6.07) is 5.23. The van der Waals surface area contributed by atoms with Crippen LogP contribution >= 0.6 is 26.8 Å². The smallest absolute Gasteiger partial charge is 0.136 e. The monoisotopic (exact) mass is 236 g/mol. The van der Waals surface area contributed by atoms with Crippen LogP contribution in [-0.4, -0.2) is 12.5 Å². The van der Waals surface area contributed by atoms with Crippen LogP contribution in [0.25, 0.3) is 0 Å². The molecule has 0 atom stereocenters. The van der Waals surface area contributed by atoms with Crippen molar-refractivity contribution in [3.63, 3.8) is 0 Å². The minimum Gasteiger partial charge on any atom is -0.230 e. The van der Waals surface area contributed by atoms with Gasteiger partial charge < -0.3 is 0 Å². The lowest BCUT2D eigenvalue weighted by Crippen LogP contribution is -1.84. The van der Waals surface area contributed by atoms with Gasteiger partial charge in [-0.05, 0) is 30.7 Å². The minimum absolute atomic E-state index is 0.101. The zero-order valence-corrected chi connectivity index (χ0v) is 8.92. The van der Waals surface area contributed by atoms with Crippen molar-refractivity contribution in [3.8, 4) is 0 Å². The van der Waals surface area contributed by atoms with Crippen molar-refractivity contribution < 1.29 is 4.39 Å². The van der Waals surface area contributed by atoms with Crippen LogP contribution in [0.3, 0.4) is 0 Å². The number of halogens is 2. The van der Waals surface area contributed by atoms with Gasteiger partial charge in [0.1, 0.15) is 5.82 Å². The normalized spacial score (nSPS) is 11.5. The average molecular weight is 237 g/mol. The summed E-state index contributed by atoms with van der Waals surface area (Å²) in [6.07, 6.45) is 4.09. The Labute approximate surface area is 77.3 Å². The molecule has 0 amide bonds. The Kier molecular flexibility index (Phi) is 2.96. The standard InChI is InChI=1S/C8H10BrFS/c1-11(2)8-4-3-6(9)5-7(8)10/h3-5,11H,1-2H3. The van der Waals surface area contributed by atoms with Crippen LogP contribution in [0.2, 0.25) is 0 Å².